The van der Waals surface area contributed by atoms with E-state index in [2.05, 4.69) is 15.9 Å². The zero-order valence-electron chi connectivity index (χ0n) is 5.68. The van der Waals surface area contributed by atoms with Gasteiger partial charge in [0.1, 0.15) is 5.82 Å². The van der Waals surface area contributed by atoms with Crippen molar-refractivity contribution in [2.24, 2.45) is 5.14 Å². The molecule has 0 saturated heterocycles. The first kappa shape index (κ1) is 9.03. The number of hydrogen-bond donors (Lipinski definition) is 1. The fourth-order valence-corrected chi connectivity index (χ4v) is 1.39. The van der Waals surface area contributed by atoms with Crippen LogP contribution in [0.25, 0.3) is 0 Å². The smallest absolute Gasteiger partial charge is 0.138 e. The minimum Gasteiger partial charge on any atom is -0.274 e. The van der Waals surface area contributed by atoms with Crippen molar-refractivity contribution in [2.75, 3.05) is 0 Å². The quantitative estimate of drug-likeness (QED) is 0.631. The van der Waals surface area contributed by atoms with Gasteiger partial charge in [0.05, 0.1) is 4.90 Å². The zero-order chi connectivity index (χ0) is 8.27. The van der Waals surface area contributed by atoms with Crippen molar-refractivity contribution >= 4 is 27.9 Å². The van der Waals surface area contributed by atoms with E-state index in [1.807, 2.05) is 6.07 Å². The molecule has 0 spiro atoms. The summed E-state index contributed by atoms with van der Waals surface area (Å²) in [4.78, 5) is 0.481. The molecule has 0 bridgehead atoms. The minimum atomic E-state index is -0.255. The summed E-state index contributed by atoms with van der Waals surface area (Å²) >= 11 is 4.16. The van der Waals surface area contributed by atoms with E-state index in [1.54, 1.807) is 6.07 Å². The summed E-state index contributed by atoms with van der Waals surface area (Å²) in [6.45, 7) is 0. The van der Waals surface area contributed by atoms with E-state index in [0.29, 0.717) is 10.2 Å². The molecule has 0 unspecified atom stereocenters. The predicted molar refractivity (Wildman–Crippen MR) is 49.1 cm³/mol. The van der Waals surface area contributed by atoms with Crippen molar-refractivity contribution in [1.29, 1.82) is 0 Å². The lowest BCUT2D eigenvalue weighted by Crippen LogP contribution is -1.87. The van der Waals surface area contributed by atoms with Crippen molar-refractivity contribution in [1.82, 2.24) is 0 Å². The molecule has 60 valence electrons. The predicted octanol–water partition coefficient (Wildman–Crippen LogP) is 2.69. The fourth-order valence-electron chi connectivity index (χ4n) is 0.723. The largest absolute Gasteiger partial charge is 0.274 e. The highest BCUT2D eigenvalue weighted by molar-refractivity contribution is 9.08. The first-order valence-electron chi connectivity index (χ1n) is 2.99. The second-order valence-electron chi connectivity index (χ2n) is 2.02. The average molecular weight is 236 g/mol. The van der Waals surface area contributed by atoms with E-state index in [4.69, 9.17) is 5.14 Å². The third-order valence-electron chi connectivity index (χ3n) is 1.28. The van der Waals surface area contributed by atoms with Crippen LogP contribution in [0.5, 0.6) is 0 Å². The van der Waals surface area contributed by atoms with Crippen LogP contribution < -0.4 is 5.14 Å². The van der Waals surface area contributed by atoms with Crippen LogP contribution in [-0.2, 0) is 5.33 Å². The Morgan fingerprint density at radius 3 is 2.73 bits per heavy atom. The molecule has 0 aliphatic heterocycles. The van der Waals surface area contributed by atoms with Gasteiger partial charge in [0, 0.05) is 5.33 Å². The van der Waals surface area contributed by atoms with Crippen LogP contribution in [0.1, 0.15) is 5.56 Å². The Morgan fingerprint density at radius 2 is 2.27 bits per heavy atom. The molecular formula is C7H7BrFNS. The van der Waals surface area contributed by atoms with Gasteiger partial charge in [-0.05, 0) is 29.6 Å². The summed E-state index contributed by atoms with van der Waals surface area (Å²) in [7, 11) is 0. The van der Waals surface area contributed by atoms with Crippen LogP contribution in [0.2, 0.25) is 0 Å². The van der Waals surface area contributed by atoms with E-state index < -0.39 is 0 Å². The zero-order valence-corrected chi connectivity index (χ0v) is 8.08. The van der Waals surface area contributed by atoms with Gasteiger partial charge in [-0.25, -0.2) is 4.39 Å². The van der Waals surface area contributed by atoms with Crippen molar-refractivity contribution < 1.29 is 4.39 Å². The molecule has 4 heteroatoms. The number of benzene rings is 1. The second-order valence-corrected chi connectivity index (χ2v) is 3.25. The summed E-state index contributed by atoms with van der Waals surface area (Å²) in [6.07, 6.45) is 0. The first-order valence-corrected chi connectivity index (χ1v) is 4.99. The average Bonchev–Trinajstić information content (AvgIpc) is 2.04. The molecule has 0 atom stereocenters. The van der Waals surface area contributed by atoms with E-state index in [-0.39, 0.29) is 5.82 Å². The van der Waals surface area contributed by atoms with Crippen LogP contribution in [0.4, 0.5) is 4.39 Å². The molecule has 1 aromatic carbocycles. The van der Waals surface area contributed by atoms with Crippen LogP contribution >= 0.6 is 27.9 Å². The lowest BCUT2D eigenvalue weighted by Gasteiger charge is -1.99. The van der Waals surface area contributed by atoms with Crippen LogP contribution in [0, 0.1) is 5.82 Å². The topological polar surface area (TPSA) is 26.0 Å². The van der Waals surface area contributed by atoms with Crippen LogP contribution in [0.3, 0.4) is 0 Å². The van der Waals surface area contributed by atoms with Crippen LogP contribution in [0.15, 0.2) is 23.1 Å². The highest BCUT2D eigenvalue weighted by atomic mass is 79.9. The van der Waals surface area contributed by atoms with Crippen molar-refractivity contribution in [3.05, 3.63) is 29.6 Å². The Balaban J connectivity index is 2.99. The molecule has 1 nitrogen and oxygen atoms in total. The van der Waals surface area contributed by atoms with E-state index in [1.165, 1.54) is 6.07 Å². The Morgan fingerprint density at radius 1 is 1.55 bits per heavy atom. The maximum atomic E-state index is 12.9. The maximum absolute atomic E-state index is 12.9. The molecule has 11 heavy (non-hydrogen) atoms. The molecule has 0 amide bonds. The molecule has 1 rings (SSSR count). The SMILES string of the molecule is NSc1ccc(CBr)cc1F. The van der Waals surface area contributed by atoms with Crippen molar-refractivity contribution in [2.45, 2.75) is 10.2 Å². The Bertz CT molecular complexity index is 254. The molecule has 0 aliphatic carbocycles. The summed E-state index contributed by atoms with van der Waals surface area (Å²) < 4.78 is 12.9. The highest BCUT2D eigenvalue weighted by Gasteiger charge is 2.00. The highest BCUT2D eigenvalue weighted by Crippen LogP contribution is 2.18. The number of nitrogens with two attached hydrogens (primary N) is 1. The molecule has 1 aromatic rings. The van der Waals surface area contributed by atoms with E-state index >= 15 is 0 Å². The van der Waals surface area contributed by atoms with Gasteiger partial charge in [0.15, 0.2) is 0 Å². The van der Waals surface area contributed by atoms with Gasteiger partial charge in [0.2, 0.25) is 0 Å². The summed E-state index contributed by atoms with van der Waals surface area (Å²) in [5.41, 5.74) is 0.917. The molecule has 2 N–H and O–H groups in total. The fraction of sp³-hybridized carbons (Fsp3) is 0.143. The van der Waals surface area contributed by atoms with Gasteiger partial charge >= 0.3 is 0 Å². The molecule has 0 saturated carbocycles. The third-order valence-corrected chi connectivity index (χ3v) is 2.51. The number of rotatable bonds is 2. The Labute approximate surface area is 77.4 Å². The molecule has 0 radical (unpaired) electrons. The lowest BCUT2D eigenvalue weighted by molar-refractivity contribution is 0.600. The standard InChI is InChI=1S/C7H7BrFNS/c8-4-5-1-2-7(11-10)6(9)3-5/h1-3H,4,10H2. The van der Waals surface area contributed by atoms with Crippen molar-refractivity contribution in [3.63, 3.8) is 0 Å². The van der Waals surface area contributed by atoms with Crippen LogP contribution in [-0.4, -0.2) is 0 Å². The lowest BCUT2D eigenvalue weighted by atomic mass is 10.2. The molecule has 0 heterocycles. The minimum absolute atomic E-state index is 0.255. The van der Waals surface area contributed by atoms with E-state index in [9.17, 15) is 4.39 Å². The van der Waals surface area contributed by atoms with Gasteiger partial charge in [-0.15, -0.1) is 0 Å². The molecular weight excluding hydrogens is 229 g/mol. The number of alkyl halides is 1. The Kier molecular flexibility index (Phi) is 3.36. The number of halogens is 2. The Hall–Kier alpha value is -0.0600. The number of hydrogen-bond acceptors (Lipinski definition) is 2. The monoisotopic (exact) mass is 235 g/mol. The molecule has 0 aromatic heterocycles. The van der Waals surface area contributed by atoms with Gasteiger partial charge in [-0.2, -0.15) is 0 Å². The van der Waals surface area contributed by atoms with Gasteiger partial charge in [0.25, 0.3) is 0 Å². The van der Waals surface area contributed by atoms with E-state index in [0.717, 1.165) is 17.5 Å². The first-order chi connectivity index (χ1) is 5.27. The summed E-state index contributed by atoms with van der Waals surface area (Å²) in [5, 5.41) is 5.87. The summed E-state index contributed by atoms with van der Waals surface area (Å²) in [5.74, 6) is -0.255. The van der Waals surface area contributed by atoms with Crippen molar-refractivity contribution in [3.8, 4) is 0 Å². The van der Waals surface area contributed by atoms with Gasteiger partial charge in [-0.1, -0.05) is 22.0 Å². The van der Waals surface area contributed by atoms with Gasteiger partial charge < -0.3 is 0 Å². The molecule has 0 aliphatic rings. The second kappa shape index (κ2) is 4.09. The maximum Gasteiger partial charge on any atom is 0.138 e. The summed E-state index contributed by atoms with van der Waals surface area (Å²) in [6, 6.07) is 4.99. The van der Waals surface area contributed by atoms with Gasteiger partial charge in [-0.3, -0.25) is 5.14 Å². The molecule has 0 fully saturated rings. The third kappa shape index (κ3) is 2.18. The normalized spacial score (nSPS) is 10.1.